The molecule has 0 aromatic rings. The second kappa shape index (κ2) is 19.6. The Kier molecular flexibility index (Phi) is 36.5. The molecule has 0 aliphatic rings. The molecule has 0 bridgehead atoms. The van der Waals surface area contributed by atoms with E-state index in [0.717, 1.165) is 12.3 Å². The molecular weight excluding hydrogens is 495 g/mol. The molecule has 0 unspecified atom stereocenters. The minimum atomic E-state index is -0.592. The second-order valence-corrected chi connectivity index (χ2v) is 4.57. The van der Waals surface area contributed by atoms with Crippen LogP contribution in [0.2, 0.25) is 0 Å². The van der Waals surface area contributed by atoms with E-state index in [1.54, 1.807) is 0 Å². The predicted molar refractivity (Wildman–Crippen MR) is 69.3 cm³/mol. The fourth-order valence-electron chi connectivity index (χ4n) is 0.793. The minimum Gasteiger partial charge on any atom is -0.374 e. The SMILES string of the molecule is Br.Br.CCCCP(O)CCCC.[Ir]. The second-order valence-electron chi connectivity index (χ2n) is 2.66. The summed E-state index contributed by atoms with van der Waals surface area (Å²) in [6, 6.07) is 0. The molecule has 0 rings (SSSR count). The van der Waals surface area contributed by atoms with E-state index in [9.17, 15) is 4.89 Å². The van der Waals surface area contributed by atoms with Gasteiger partial charge in [-0.1, -0.05) is 26.7 Å². The van der Waals surface area contributed by atoms with Gasteiger partial charge >= 0.3 is 0 Å². The molecular formula is C8H21Br2IrOP. The maximum atomic E-state index is 9.38. The molecule has 0 spiro atoms. The molecule has 0 saturated carbocycles. The molecule has 0 aromatic carbocycles. The minimum absolute atomic E-state index is 0. The number of hydrogen-bond acceptors (Lipinski definition) is 1. The van der Waals surface area contributed by atoms with Crippen molar-refractivity contribution in [1.29, 1.82) is 0 Å². The molecule has 1 radical (unpaired) electrons. The van der Waals surface area contributed by atoms with Crippen molar-refractivity contribution in [3.8, 4) is 0 Å². The standard InChI is InChI=1S/C8H19OP.2BrH.Ir/c1-3-5-7-10(9)8-6-4-2;;;/h9H,3-8H2,1-2H3;2*1H;. The van der Waals surface area contributed by atoms with Gasteiger partial charge in [0.15, 0.2) is 0 Å². The van der Waals surface area contributed by atoms with Gasteiger partial charge in [-0.3, -0.25) is 0 Å². The smallest absolute Gasteiger partial charge is 0.0251 e. The van der Waals surface area contributed by atoms with Crippen molar-refractivity contribution in [2.45, 2.75) is 39.5 Å². The van der Waals surface area contributed by atoms with Crippen LogP contribution in [0.1, 0.15) is 39.5 Å². The van der Waals surface area contributed by atoms with E-state index in [-0.39, 0.29) is 54.1 Å². The zero-order chi connectivity index (χ0) is 7.82. The first-order chi connectivity index (χ1) is 4.81. The summed E-state index contributed by atoms with van der Waals surface area (Å²) >= 11 is 0. The predicted octanol–water partition coefficient (Wildman–Crippen LogP) is 4.13. The third kappa shape index (κ3) is 20.2. The maximum Gasteiger partial charge on any atom is 0.0251 e. The van der Waals surface area contributed by atoms with Crippen molar-refractivity contribution in [2.24, 2.45) is 0 Å². The summed E-state index contributed by atoms with van der Waals surface area (Å²) in [6.07, 6.45) is 6.95. The van der Waals surface area contributed by atoms with Crippen molar-refractivity contribution in [2.75, 3.05) is 12.3 Å². The van der Waals surface area contributed by atoms with Gasteiger partial charge in [0, 0.05) is 28.3 Å². The van der Waals surface area contributed by atoms with Gasteiger partial charge in [-0.15, -0.1) is 34.0 Å². The van der Waals surface area contributed by atoms with E-state index in [2.05, 4.69) is 13.8 Å². The van der Waals surface area contributed by atoms with Crippen molar-refractivity contribution in [3.05, 3.63) is 0 Å². The first-order valence-electron chi connectivity index (χ1n) is 4.25. The van der Waals surface area contributed by atoms with E-state index in [0.29, 0.717) is 0 Å². The molecule has 0 aliphatic heterocycles. The largest absolute Gasteiger partial charge is 0.374 e. The quantitative estimate of drug-likeness (QED) is 0.527. The molecule has 0 fully saturated rings. The molecule has 87 valence electrons. The molecule has 13 heavy (non-hydrogen) atoms. The van der Waals surface area contributed by atoms with Crippen LogP contribution >= 0.6 is 42.1 Å². The van der Waals surface area contributed by atoms with Crippen LogP contribution in [-0.4, -0.2) is 17.2 Å². The zero-order valence-electron chi connectivity index (χ0n) is 8.29. The topological polar surface area (TPSA) is 20.2 Å². The average Bonchev–Trinajstić information content (AvgIpc) is 1.97. The van der Waals surface area contributed by atoms with Gasteiger partial charge < -0.3 is 4.89 Å². The summed E-state index contributed by atoms with van der Waals surface area (Å²) in [5.41, 5.74) is 0. The Hall–Kier alpha value is 2.00. The summed E-state index contributed by atoms with van der Waals surface area (Å²) in [6.45, 7) is 4.34. The number of rotatable bonds is 6. The Morgan fingerprint density at radius 1 is 0.923 bits per heavy atom. The fourth-order valence-corrected chi connectivity index (χ4v) is 2.38. The molecule has 0 amide bonds. The third-order valence-electron chi connectivity index (χ3n) is 1.54. The molecule has 0 atom stereocenters. The van der Waals surface area contributed by atoms with Crippen molar-refractivity contribution in [1.82, 2.24) is 0 Å². The van der Waals surface area contributed by atoms with E-state index < -0.39 is 8.15 Å². The number of hydrogen-bond donors (Lipinski definition) is 1. The maximum absolute atomic E-state index is 9.38. The van der Waals surface area contributed by atoms with E-state index in [1.165, 1.54) is 25.7 Å². The molecule has 0 aromatic heterocycles. The summed E-state index contributed by atoms with van der Waals surface area (Å²) in [4.78, 5) is 9.38. The van der Waals surface area contributed by atoms with E-state index in [1.807, 2.05) is 0 Å². The van der Waals surface area contributed by atoms with Crippen LogP contribution in [0.5, 0.6) is 0 Å². The van der Waals surface area contributed by atoms with Crippen LogP contribution < -0.4 is 0 Å². The first kappa shape index (κ1) is 24.3. The normalized spacial score (nSPS) is 8.31. The molecule has 1 nitrogen and oxygen atoms in total. The molecule has 5 heteroatoms. The van der Waals surface area contributed by atoms with Gasteiger partial charge in [-0.05, 0) is 25.2 Å². The van der Waals surface area contributed by atoms with Crippen LogP contribution in [0.4, 0.5) is 0 Å². The fraction of sp³-hybridized carbons (Fsp3) is 1.00. The Balaban J connectivity index is -0.000000135. The van der Waals surface area contributed by atoms with Gasteiger partial charge in [-0.2, -0.15) is 0 Å². The first-order valence-corrected chi connectivity index (χ1v) is 5.91. The van der Waals surface area contributed by atoms with Gasteiger partial charge in [-0.25, -0.2) is 0 Å². The van der Waals surface area contributed by atoms with Crippen LogP contribution in [0, 0.1) is 0 Å². The van der Waals surface area contributed by atoms with Crippen LogP contribution in [0.25, 0.3) is 0 Å². The Morgan fingerprint density at radius 2 is 1.23 bits per heavy atom. The number of unbranched alkanes of at least 4 members (excludes halogenated alkanes) is 2. The Bertz CT molecular complexity index is 71.2. The molecule has 1 N–H and O–H groups in total. The van der Waals surface area contributed by atoms with Crippen LogP contribution in [-0.2, 0) is 20.1 Å². The molecule has 0 aliphatic carbocycles. The van der Waals surface area contributed by atoms with Gasteiger partial charge in [0.05, 0.1) is 0 Å². The average molecular weight is 516 g/mol. The third-order valence-corrected chi connectivity index (χ3v) is 3.20. The number of halogens is 2. The molecule has 0 heterocycles. The summed E-state index contributed by atoms with van der Waals surface area (Å²) in [5.74, 6) is 0. The van der Waals surface area contributed by atoms with E-state index >= 15 is 0 Å². The summed E-state index contributed by atoms with van der Waals surface area (Å²) in [5, 5.41) is 0. The zero-order valence-corrected chi connectivity index (χ0v) is 15.0. The monoisotopic (exact) mass is 515 g/mol. The van der Waals surface area contributed by atoms with E-state index in [4.69, 9.17) is 0 Å². The molecule has 0 saturated heterocycles. The summed E-state index contributed by atoms with van der Waals surface area (Å²) < 4.78 is 0. The summed E-state index contributed by atoms with van der Waals surface area (Å²) in [7, 11) is -0.592. The van der Waals surface area contributed by atoms with Crippen LogP contribution in [0.3, 0.4) is 0 Å². The van der Waals surface area contributed by atoms with Gasteiger partial charge in [0.25, 0.3) is 0 Å². The van der Waals surface area contributed by atoms with Gasteiger partial charge in [0.1, 0.15) is 0 Å². The van der Waals surface area contributed by atoms with Crippen molar-refractivity contribution in [3.63, 3.8) is 0 Å². The van der Waals surface area contributed by atoms with Gasteiger partial charge in [0.2, 0.25) is 0 Å². The van der Waals surface area contributed by atoms with Crippen LogP contribution in [0.15, 0.2) is 0 Å². The van der Waals surface area contributed by atoms with Crippen molar-refractivity contribution >= 4 is 42.1 Å². The van der Waals surface area contributed by atoms with Crippen molar-refractivity contribution < 1.29 is 25.0 Å². The Labute approximate surface area is 118 Å². The Morgan fingerprint density at radius 3 is 1.46 bits per heavy atom.